The lowest BCUT2D eigenvalue weighted by molar-refractivity contribution is 0.204. The molecule has 0 bridgehead atoms. The van der Waals surface area contributed by atoms with Gasteiger partial charge in [-0.25, -0.2) is 9.97 Å². The number of rotatable bonds is 7. The van der Waals surface area contributed by atoms with Gasteiger partial charge in [0.25, 0.3) is 0 Å². The van der Waals surface area contributed by atoms with Gasteiger partial charge in [-0.1, -0.05) is 43.3 Å². The van der Waals surface area contributed by atoms with Crippen molar-refractivity contribution < 1.29 is 0 Å². The van der Waals surface area contributed by atoms with Gasteiger partial charge in [-0.05, 0) is 56.5 Å². The summed E-state index contributed by atoms with van der Waals surface area (Å²) in [6, 6.07) is 17.3. The fourth-order valence-corrected chi connectivity index (χ4v) is 4.26. The van der Waals surface area contributed by atoms with Crippen LogP contribution in [0.25, 0.3) is 5.82 Å². The van der Waals surface area contributed by atoms with Crippen molar-refractivity contribution in [1.29, 1.82) is 0 Å². The average Bonchev–Trinajstić information content (AvgIpc) is 3.24. The number of hydrogen-bond donors (Lipinski definition) is 0. The van der Waals surface area contributed by atoms with Gasteiger partial charge in [0.15, 0.2) is 0 Å². The minimum Gasteiger partial charge on any atom is -0.303 e. The molecule has 1 atom stereocenters. The third-order valence-electron chi connectivity index (χ3n) is 5.74. The molecular weight excluding hydrogens is 344 g/mol. The van der Waals surface area contributed by atoms with Gasteiger partial charge >= 0.3 is 0 Å². The first-order valence-corrected chi connectivity index (χ1v) is 10.6. The van der Waals surface area contributed by atoms with Crippen molar-refractivity contribution in [2.45, 2.75) is 44.9 Å². The Morgan fingerprint density at radius 3 is 2.82 bits per heavy atom. The smallest absolute Gasteiger partial charge is 0.138 e. The van der Waals surface area contributed by atoms with E-state index in [-0.39, 0.29) is 0 Å². The highest BCUT2D eigenvalue weighted by Crippen LogP contribution is 2.26. The van der Waals surface area contributed by atoms with Crippen molar-refractivity contribution in [1.82, 2.24) is 19.4 Å². The summed E-state index contributed by atoms with van der Waals surface area (Å²) in [7, 11) is 0. The summed E-state index contributed by atoms with van der Waals surface area (Å²) in [6.45, 7) is 5.64. The zero-order valence-corrected chi connectivity index (χ0v) is 16.8. The van der Waals surface area contributed by atoms with Gasteiger partial charge in [0, 0.05) is 37.0 Å². The Labute approximate surface area is 168 Å². The number of likely N-dealkylation sites (tertiary alicyclic amines) is 1. The highest BCUT2D eigenvalue weighted by atomic mass is 15.1. The second-order valence-corrected chi connectivity index (χ2v) is 7.72. The standard InChI is InChI=1S/C24H30N4/c1-2-23-25-15-18-28(23)24-14-6-13-22(26-24)21-12-8-17-27(19-21)16-7-11-20-9-4-3-5-10-20/h3-6,9-10,13-15,18,21H,2,7-8,11-12,16-17,19H2,1H3/t21-/m1/s1. The number of hydrogen-bond acceptors (Lipinski definition) is 3. The Kier molecular flexibility index (Phi) is 6.17. The van der Waals surface area contributed by atoms with Crippen LogP contribution >= 0.6 is 0 Å². The maximum absolute atomic E-state index is 5.01. The van der Waals surface area contributed by atoms with Gasteiger partial charge < -0.3 is 4.90 Å². The first-order valence-electron chi connectivity index (χ1n) is 10.6. The maximum Gasteiger partial charge on any atom is 0.138 e. The van der Waals surface area contributed by atoms with Crippen LogP contribution in [-0.2, 0) is 12.8 Å². The van der Waals surface area contributed by atoms with Crippen LogP contribution in [-0.4, -0.2) is 39.1 Å². The van der Waals surface area contributed by atoms with Crippen LogP contribution < -0.4 is 0 Å². The van der Waals surface area contributed by atoms with Crippen molar-refractivity contribution in [2.24, 2.45) is 0 Å². The molecule has 1 saturated heterocycles. The van der Waals surface area contributed by atoms with Crippen molar-refractivity contribution >= 4 is 0 Å². The SMILES string of the molecule is CCc1nccn1-c1cccc([C@@H]2CCCN(CCCc3ccccc3)C2)n1. The lowest BCUT2D eigenvalue weighted by Gasteiger charge is -2.32. The molecule has 146 valence electrons. The van der Waals surface area contributed by atoms with Gasteiger partial charge in [-0.15, -0.1) is 0 Å². The van der Waals surface area contributed by atoms with Crippen LogP contribution in [0.2, 0.25) is 0 Å². The van der Waals surface area contributed by atoms with E-state index >= 15 is 0 Å². The normalized spacial score (nSPS) is 17.7. The van der Waals surface area contributed by atoms with Crippen LogP contribution in [0.3, 0.4) is 0 Å². The molecule has 4 nitrogen and oxygen atoms in total. The first kappa shape index (κ1) is 18.9. The second-order valence-electron chi connectivity index (χ2n) is 7.72. The number of pyridine rings is 1. The van der Waals surface area contributed by atoms with Gasteiger partial charge in [0.2, 0.25) is 0 Å². The molecule has 0 unspecified atom stereocenters. The van der Waals surface area contributed by atoms with Gasteiger partial charge in [-0.2, -0.15) is 0 Å². The summed E-state index contributed by atoms with van der Waals surface area (Å²) in [6.07, 6.45) is 9.67. The lowest BCUT2D eigenvalue weighted by Crippen LogP contribution is -2.35. The number of benzene rings is 1. The molecule has 4 heteroatoms. The van der Waals surface area contributed by atoms with E-state index in [2.05, 4.69) is 69.9 Å². The fourth-order valence-electron chi connectivity index (χ4n) is 4.26. The van der Waals surface area contributed by atoms with E-state index in [4.69, 9.17) is 4.98 Å². The number of imidazole rings is 1. The number of nitrogens with zero attached hydrogens (tertiary/aromatic N) is 4. The van der Waals surface area contributed by atoms with Gasteiger partial charge in [0.1, 0.15) is 11.6 Å². The van der Waals surface area contributed by atoms with E-state index in [1.807, 2.05) is 12.4 Å². The molecule has 1 aliphatic rings. The quantitative estimate of drug-likeness (QED) is 0.604. The number of aromatic nitrogens is 3. The van der Waals surface area contributed by atoms with Crippen LogP contribution in [0.5, 0.6) is 0 Å². The van der Waals surface area contributed by atoms with Gasteiger partial charge in [-0.3, -0.25) is 4.57 Å². The predicted molar refractivity (Wildman–Crippen MR) is 114 cm³/mol. The lowest BCUT2D eigenvalue weighted by atomic mass is 9.94. The van der Waals surface area contributed by atoms with Crippen LogP contribution in [0.4, 0.5) is 0 Å². The summed E-state index contributed by atoms with van der Waals surface area (Å²) in [5.41, 5.74) is 2.67. The van der Waals surface area contributed by atoms with E-state index in [0.717, 1.165) is 31.0 Å². The Bertz CT molecular complexity index is 871. The van der Waals surface area contributed by atoms with Gasteiger partial charge in [0.05, 0.1) is 0 Å². The Morgan fingerprint density at radius 1 is 1.07 bits per heavy atom. The highest BCUT2D eigenvalue weighted by Gasteiger charge is 2.22. The Morgan fingerprint density at radius 2 is 1.96 bits per heavy atom. The number of piperidine rings is 1. The van der Waals surface area contributed by atoms with Crippen molar-refractivity contribution in [2.75, 3.05) is 19.6 Å². The molecule has 3 aromatic rings. The summed E-state index contributed by atoms with van der Waals surface area (Å²) in [5, 5.41) is 0. The molecule has 0 N–H and O–H groups in total. The monoisotopic (exact) mass is 374 g/mol. The summed E-state index contributed by atoms with van der Waals surface area (Å²) in [5.74, 6) is 2.59. The number of aryl methyl sites for hydroxylation is 2. The molecule has 0 aliphatic carbocycles. The van der Waals surface area contributed by atoms with Crippen LogP contribution in [0.1, 0.15) is 49.2 Å². The zero-order chi connectivity index (χ0) is 19.2. The minimum atomic E-state index is 0.527. The van der Waals surface area contributed by atoms with Crippen LogP contribution in [0, 0.1) is 0 Å². The van der Waals surface area contributed by atoms with E-state index in [1.165, 1.54) is 43.6 Å². The topological polar surface area (TPSA) is 34.0 Å². The third-order valence-corrected chi connectivity index (χ3v) is 5.74. The molecule has 0 spiro atoms. The largest absolute Gasteiger partial charge is 0.303 e. The van der Waals surface area contributed by atoms with Crippen molar-refractivity contribution in [3.63, 3.8) is 0 Å². The van der Waals surface area contributed by atoms with Crippen LogP contribution in [0.15, 0.2) is 60.9 Å². The summed E-state index contributed by atoms with van der Waals surface area (Å²) in [4.78, 5) is 12.1. The molecule has 0 radical (unpaired) electrons. The van der Waals surface area contributed by atoms with Crippen molar-refractivity contribution in [3.8, 4) is 5.82 Å². The fraction of sp³-hybridized carbons (Fsp3) is 0.417. The second kappa shape index (κ2) is 9.16. The third kappa shape index (κ3) is 4.50. The minimum absolute atomic E-state index is 0.527. The highest BCUT2D eigenvalue weighted by molar-refractivity contribution is 5.28. The molecule has 0 amide bonds. The Hall–Kier alpha value is -2.46. The summed E-state index contributed by atoms with van der Waals surface area (Å²) >= 11 is 0. The molecule has 1 aliphatic heterocycles. The maximum atomic E-state index is 5.01. The molecule has 1 fully saturated rings. The molecule has 0 saturated carbocycles. The molecular formula is C24H30N4. The Balaban J connectivity index is 1.38. The molecule has 28 heavy (non-hydrogen) atoms. The van der Waals surface area contributed by atoms with E-state index < -0.39 is 0 Å². The first-order chi connectivity index (χ1) is 13.8. The zero-order valence-electron chi connectivity index (χ0n) is 16.8. The molecule has 1 aromatic carbocycles. The summed E-state index contributed by atoms with van der Waals surface area (Å²) < 4.78 is 2.12. The van der Waals surface area contributed by atoms with E-state index in [1.54, 1.807) is 0 Å². The predicted octanol–water partition coefficient (Wildman–Crippen LogP) is 4.64. The average molecular weight is 375 g/mol. The van der Waals surface area contributed by atoms with E-state index in [9.17, 15) is 0 Å². The van der Waals surface area contributed by atoms with Crippen molar-refractivity contribution in [3.05, 3.63) is 78.0 Å². The van der Waals surface area contributed by atoms with E-state index in [0.29, 0.717) is 5.92 Å². The molecule has 3 heterocycles. The molecule has 4 rings (SSSR count). The molecule has 2 aromatic heterocycles.